The molecule has 0 bridgehead atoms. The van der Waals surface area contributed by atoms with Gasteiger partial charge in [0.25, 0.3) is 5.91 Å². The van der Waals surface area contributed by atoms with Crippen molar-refractivity contribution >= 4 is 5.91 Å². The molecule has 18 heavy (non-hydrogen) atoms. The summed E-state index contributed by atoms with van der Waals surface area (Å²) >= 11 is 0. The highest BCUT2D eigenvalue weighted by molar-refractivity contribution is 5.94. The van der Waals surface area contributed by atoms with Crippen molar-refractivity contribution in [3.63, 3.8) is 0 Å². The molecule has 0 radical (unpaired) electrons. The molecular weight excluding hydrogens is 228 g/mol. The first kappa shape index (κ1) is 13.0. The van der Waals surface area contributed by atoms with Crippen molar-refractivity contribution in [2.24, 2.45) is 0 Å². The fraction of sp³-hybridized carbons (Fsp3) is 0.571. The molecule has 0 aliphatic carbocycles. The van der Waals surface area contributed by atoms with Crippen LogP contribution in [0.5, 0.6) is 0 Å². The number of rotatable bonds is 3. The van der Waals surface area contributed by atoms with Gasteiger partial charge in [-0.1, -0.05) is 0 Å². The number of hydrogen-bond acceptors (Lipinski definition) is 3. The Morgan fingerprint density at radius 2 is 2.39 bits per heavy atom. The molecule has 0 saturated carbocycles. The molecule has 1 aliphatic heterocycles. The van der Waals surface area contributed by atoms with Crippen LogP contribution in [0, 0.1) is 6.92 Å². The van der Waals surface area contributed by atoms with Gasteiger partial charge in [-0.05, 0) is 45.2 Å². The Balaban J connectivity index is 2.10. The Hall–Kier alpha value is -1.42. The van der Waals surface area contributed by atoms with E-state index in [4.69, 9.17) is 0 Å². The smallest absolute Gasteiger partial charge is 0.255 e. The number of aryl methyl sites for hydroxylation is 1. The fourth-order valence-electron chi connectivity index (χ4n) is 2.50. The second-order valence-electron chi connectivity index (χ2n) is 5.07. The highest BCUT2D eigenvalue weighted by atomic mass is 16.3. The lowest BCUT2D eigenvalue weighted by atomic mass is 10.1. The Kier molecular flexibility index (Phi) is 3.97. The van der Waals surface area contributed by atoms with Gasteiger partial charge in [-0.2, -0.15) is 0 Å². The van der Waals surface area contributed by atoms with Gasteiger partial charge in [0.2, 0.25) is 0 Å². The molecule has 1 amide bonds. The second-order valence-corrected chi connectivity index (χ2v) is 5.07. The number of amides is 1. The third-order valence-corrected chi connectivity index (χ3v) is 3.41. The molecule has 4 nitrogen and oxygen atoms in total. The summed E-state index contributed by atoms with van der Waals surface area (Å²) in [5.74, 6) is 0.0330. The predicted octanol–water partition coefficient (Wildman–Crippen LogP) is 1.77. The first-order chi connectivity index (χ1) is 8.58. The molecule has 0 spiro atoms. The number of aromatic nitrogens is 1. The average Bonchev–Trinajstić information content (AvgIpc) is 2.76. The minimum absolute atomic E-state index is 0.0330. The molecule has 1 N–H and O–H groups in total. The van der Waals surface area contributed by atoms with Crippen molar-refractivity contribution in [2.75, 3.05) is 6.54 Å². The average molecular weight is 248 g/mol. The second kappa shape index (κ2) is 5.48. The Bertz CT molecular complexity index is 414. The molecule has 4 heteroatoms. The van der Waals surface area contributed by atoms with Gasteiger partial charge in [-0.15, -0.1) is 0 Å². The van der Waals surface area contributed by atoms with Gasteiger partial charge in [0.15, 0.2) is 0 Å². The van der Waals surface area contributed by atoms with Crippen molar-refractivity contribution in [1.29, 1.82) is 0 Å². The maximum absolute atomic E-state index is 12.4. The number of aliphatic hydroxyl groups excluding tert-OH is 1. The first-order valence-corrected chi connectivity index (χ1v) is 6.49. The Labute approximate surface area is 108 Å². The van der Waals surface area contributed by atoms with E-state index in [0.29, 0.717) is 12.0 Å². The standard InChI is InChI=1S/C14H20N2O2/c1-10-5-6-12(9-15-10)14(18)16-7-3-4-13(16)8-11(2)17/h5-6,9,11,13,17H,3-4,7-8H2,1-2H3. The molecule has 1 aliphatic rings. The summed E-state index contributed by atoms with van der Waals surface area (Å²) in [6, 6.07) is 3.84. The van der Waals surface area contributed by atoms with Gasteiger partial charge in [0.1, 0.15) is 0 Å². The molecule has 2 unspecified atom stereocenters. The number of nitrogens with zero attached hydrogens (tertiary/aromatic N) is 2. The summed E-state index contributed by atoms with van der Waals surface area (Å²) in [5.41, 5.74) is 1.55. The number of pyridine rings is 1. The van der Waals surface area contributed by atoms with Crippen LogP contribution in [0.25, 0.3) is 0 Å². The molecule has 1 aromatic rings. The molecule has 2 heterocycles. The molecule has 1 fully saturated rings. The van der Waals surface area contributed by atoms with E-state index >= 15 is 0 Å². The van der Waals surface area contributed by atoms with Crippen LogP contribution in [0.3, 0.4) is 0 Å². The molecule has 1 saturated heterocycles. The van der Waals surface area contributed by atoms with Gasteiger partial charge in [-0.3, -0.25) is 9.78 Å². The largest absolute Gasteiger partial charge is 0.393 e. The van der Waals surface area contributed by atoms with Crippen LogP contribution in [-0.2, 0) is 0 Å². The number of hydrogen-bond donors (Lipinski definition) is 1. The molecule has 0 aromatic carbocycles. The monoisotopic (exact) mass is 248 g/mol. The minimum Gasteiger partial charge on any atom is -0.393 e. The third kappa shape index (κ3) is 2.88. The Morgan fingerprint density at radius 3 is 3.00 bits per heavy atom. The van der Waals surface area contributed by atoms with Crippen LogP contribution >= 0.6 is 0 Å². The maximum atomic E-state index is 12.4. The lowest BCUT2D eigenvalue weighted by Crippen LogP contribution is -2.37. The fourth-order valence-corrected chi connectivity index (χ4v) is 2.50. The van der Waals surface area contributed by atoms with Crippen LogP contribution in [0.4, 0.5) is 0 Å². The topological polar surface area (TPSA) is 53.4 Å². The third-order valence-electron chi connectivity index (χ3n) is 3.41. The molecule has 98 valence electrons. The van der Waals surface area contributed by atoms with Crippen molar-refractivity contribution in [2.45, 2.75) is 45.3 Å². The maximum Gasteiger partial charge on any atom is 0.255 e. The van der Waals surface area contributed by atoms with E-state index in [-0.39, 0.29) is 18.1 Å². The Morgan fingerprint density at radius 1 is 1.61 bits per heavy atom. The normalized spacial score (nSPS) is 21.1. The van der Waals surface area contributed by atoms with Gasteiger partial charge in [-0.25, -0.2) is 0 Å². The van der Waals surface area contributed by atoms with E-state index in [1.54, 1.807) is 13.1 Å². The summed E-state index contributed by atoms with van der Waals surface area (Å²) in [6.45, 7) is 4.46. The van der Waals surface area contributed by atoms with E-state index < -0.39 is 0 Å². The number of carbonyl (C=O) groups excluding carboxylic acids is 1. The predicted molar refractivity (Wildman–Crippen MR) is 69.3 cm³/mol. The summed E-state index contributed by atoms with van der Waals surface area (Å²) in [5, 5.41) is 9.47. The zero-order chi connectivity index (χ0) is 13.1. The van der Waals surface area contributed by atoms with Crippen LogP contribution in [0.1, 0.15) is 42.2 Å². The van der Waals surface area contributed by atoms with Crippen molar-refractivity contribution in [3.8, 4) is 0 Å². The van der Waals surface area contributed by atoms with Crippen molar-refractivity contribution < 1.29 is 9.90 Å². The van der Waals surface area contributed by atoms with E-state index in [0.717, 1.165) is 25.1 Å². The number of aliphatic hydroxyl groups is 1. The quantitative estimate of drug-likeness (QED) is 0.887. The number of likely N-dealkylation sites (tertiary alicyclic amines) is 1. The summed E-state index contributed by atoms with van der Waals surface area (Å²) in [4.78, 5) is 18.4. The van der Waals surface area contributed by atoms with Crippen molar-refractivity contribution in [1.82, 2.24) is 9.88 Å². The van der Waals surface area contributed by atoms with Crippen LogP contribution in [0.2, 0.25) is 0 Å². The lowest BCUT2D eigenvalue weighted by Gasteiger charge is -2.25. The van der Waals surface area contributed by atoms with E-state index in [1.807, 2.05) is 24.0 Å². The summed E-state index contributed by atoms with van der Waals surface area (Å²) < 4.78 is 0. The van der Waals surface area contributed by atoms with Crippen LogP contribution in [-0.4, -0.2) is 39.6 Å². The summed E-state index contributed by atoms with van der Waals surface area (Å²) in [7, 11) is 0. The van der Waals surface area contributed by atoms with Crippen molar-refractivity contribution in [3.05, 3.63) is 29.6 Å². The molecule has 2 rings (SSSR count). The zero-order valence-electron chi connectivity index (χ0n) is 11.0. The van der Waals surface area contributed by atoms with E-state index in [1.165, 1.54) is 0 Å². The van der Waals surface area contributed by atoms with Gasteiger partial charge < -0.3 is 10.0 Å². The lowest BCUT2D eigenvalue weighted by molar-refractivity contribution is 0.0681. The van der Waals surface area contributed by atoms with Gasteiger partial charge >= 0.3 is 0 Å². The van der Waals surface area contributed by atoms with Crippen LogP contribution < -0.4 is 0 Å². The highest BCUT2D eigenvalue weighted by Crippen LogP contribution is 2.23. The number of carbonyl (C=O) groups is 1. The van der Waals surface area contributed by atoms with Gasteiger partial charge in [0, 0.05) is 24.5 Å². The first-order valence-electron chi connectivity index (χ1n) is 6.49. The van der Waals surface area contributed by atoms with Crippen LogP contribution in [0.15, 0.2) is 18.3 Å². The zero-order valence-corrected chi connectivity index (χ0v) is 11.0. The van der Waals surface area contributed by atoms with E-state index in [2.05, 4.69) is 4.98 Å². The highest BCUT2D eigenvalue weighted by Gasteiger charge is 2.30. The SMILES string of the molecule is Cc1ccc(C(=O)N2CCCC2CC(C)O)cn1. The summed E-state index contributed by atoms with van der Waals surface area (Å²) in [6.07, 6.45) is 3.93. The molecular formula is C14H20N2O2. The minimum atomic E-state index is -0.362. The van der Waals surface area contributed by atoms with E-state index in [9.17, 15) is 9.90 Å². The van der Waals surface area contributed by atoms with Gasteiger partial charge in [0.05, 0.1) is 11.7 Å². The molecule has 1 aromatic heterocycles. The molecule has 2 atom stereocenters.